The van der Waals surface area contributed by atoms with Crippen molar-refractivity contribution in [1.82, 2.24) is 10.8 Å². The number of benzene rings is 2. The standard InChI is InChI=1S/C20H20FN3O4/c1-3-27-6-7-28-24-20(26)15-9-13-11-22-19(25)14(13)10-18(15)23-17-5-4-12(2)8-16(17)21/h3-5,8-10,23H,1,6-7,11H2,2H3,(H,22,25)(H,24,26). The van der Waals surface area contributed by atoms with Crippen LogP contribution in [0.25, 0.3) is 0 Å². The van der Waals surface area contributed by atoms with E-state index in [9.17, 15) is 14.0 Å². The molecule has 8 heteroatoms. The largest absolute Gasteiger partial charge is 0.499 e. The summed E-state index contributed by atoms with van der Waals surface area (Å²) in [6.45, 7) is 5.86. The Balaban J connectivity index is 1.86. The Kier molecular flexibility index (Phi) is 5.90. The van der Waals surface area contributed by atoms with Gasteiger partial charge in [-0.15, -0.1) is 0 Å². The first-order valence-electron chi connectivity index (χ1n) is 8.62. The van der Waals surface area contributed by atoms with E-state index in [0.29, 0.717) is 23.4 Å². The fourth-order valence-electron chi connectivity index (χ4n) is 2.78. The molecule has 0 spiro atoms. The maximum Gasteiger partial charge on any atom is 0.276 e. The molecule has 2 amide bonds. The molecule has 1 heterocycles. The average molecular weight is 385 g/mol. The van der Waals surface area contributed by atoms with Crippen LogP contribution in [-0.4, -0.2) is 25.0 Å². The summed E-state index contributed by atoms with van der Waals surface area (Å²) >= 11 is 0. The van der Waals surface area contributed by atoms with E-state index in [1.165, 1.54) is 18.4 Å². The zero-order valence-corrected chi connectivity index (χ0v) is 15.3. The quantitative estimate of drug-likeness (QED) is 0.369. The number of hydroxylamine groups is 1. The van der Waals surface area contributed by atoms with Crippen molar-refractivity contribution in [2.45, 2.75) is 13.5 Å². The molecule has 0 unspecified atom stereocenters. The molecular weight excluding hydrogens is 365 g/mol. The molecule has 146 valence electrons. The Morgan fingerprint density at radius 1 is 1.29 bits per heavy atom. The molecule has 0 bridgehead atoms. The predicted octanol–water partition coefficient (Wildman–Crippen LogP) is 2.94. The number of fused-ring (bicyclic) bond motifs is 1. The first kappa shape index (κ1) is 19.4. The van der Waals surface area contributed by atoms with Gasteiger partial charge in [-0.05, 0) is 42.3 Å². The van der Waals surface area contributed by atoms with Gasteiger partial charge in [-0.2, -0.15) is 0 Å². The summed E-state index contributed by atoms with van der Waals surface area (Å²) in [7, 11) is 0. The smallest absolute Gasteiger partial charge is 0.276 e. The van der Waals surface area contributed by atoms with Crippen molar-refractivity contribution in [2.24, 2.45) is 0 Å². The van der Waals surface area contributed by atoms with Gasteiger partial charge < -0.3 is 15.4 Å². The van der Waals surface area contributed by atoms with Crippen molar-refractivity contribution in [1.29, 1.82) is 0 Å². The summed E-state index contributed by atoms with van der Waals surface area (Å²) in [5.41, 5.74) is 4.91. The number of nitrogens with one attached hydrogen (secondary N) is 3. The lowest BCUT2D eigenvalue weighted by Gasteiger charge is -2.15. The molecular formula is C20H20FN3O4. The van der Waals surface area contributed by atoms with Crippen LogP contribution in [0.4, 0.5) is 15.8 Å². The monoisotopic (exact) mass is 385 g/mol. The third-order valence-electron chi connectivity index (χ3n) is 4.15. The molecule has 0 fully saturated rings. The molecule has 28 heavy (non-hydrogen) atoms. The highest BCUT2D eigenvalue weighted by Crippen LogP contribution is 2.29. The van der Waals surface area contributed by atoms with Gasteiger partial charge in [-0.1, -0.05) is 12.6 Å². The number of carbonyl (C=O) groups excluding carboxylic acids is 2. The van der Waals surface area contributed by atoms with E-state index in [-0.39, 0.29) is 30.4 Å². The first-order chi connectivity index (χ1) is 13.5. The Labute approximate surface area is 161 Å². The summed E-state index contributed by atoms with van der Waals surface area (Å²) in [5, 5.41) is 5.60. The van der Waals surface area contributed by atoms with Gasteiger partial charge in [0.2, 0.25) is 0 Å². The minimum Gasteiger partial charge on any atom is -0.499 e. The van der Waals surface area contributed by atoms with Crippen LogP contribution in [0.2, 0.25) is 0 Å². The number of rotatable bonds is 8. The van der Waals surface area contributed by atoms with Gasteiger partial charge in [0, 0.05) is 12.1 Å². The maximum atomic E-state index is 14.3. The molecule has 3 N–H and O–H groups in total. The summed E-state index contributed by atoms with van der Waals surface area (Å²) in [6, 6.07) is 7.81. The third kappa shape index (κ3) is 4.29. The van der Waals surface area contributed by atoms with Gasteiger partial charge in [0.25, 0.3) is 11.8 Å². The third-order valence-corrected chi connectivity index (χ3v) is 4.15. The van der Waals surface area contributed by atoms with Crippen molar-refractivity contribution in [3.05, 3.63) is 71.2 Å². The van der Waals surface area contributed by atoms with Crippen molar-refractivity contribution >= 4 is 23.2 Å². The number of amides is 2. The normalized spacial score (nSPS) is 12.1. The summed E-state index contributed by atoms with van der Waals surface area (Å²) in [6.07, 6.45) is 1.27. The van der Waals surface area contributed by atoms with Crippen LogP contribution in [-0.2, 0) is 16.1 Å². The molecule has 2 aromatic carbocycles. The number of ether oxygens (including phenoxy) is 1. The maximum absolute atomic E-state index is 14.3. The van der Waals surface area contributed by atoms with Gasteiger partial charge in [0.05, 0.1) is 23.2 Å². The molecule has 1 aliphatic rings. The molecule has 7 nitrogen and oxygen atoms in total. The van der Waals surface area contributed by atoms with Crippen molar-refractivity contribution in [3.63, 3.8) is 0 Å². The van der Waals surface area contributed by atoms with Crippen LogP contribution in [0.15, 0.2) is 43.2 Å². The van der Waals surface area contributed by atoms with E-state index in [1.54, 1.807) is 25.1 Å². The number of aryl methyl sites for hydroxylation is 1. The van der Waals surface area contributed by atoms with Crippen LogP contribution in [0.5, 0.6) is 0 Å². The highest BCUT2D eigenvalue weighted by atomic mass is 19.1. The molecule has 0 aliphatic carbocycles. The number of halogens is 1. The van der Waals surface area contributed by atoms with E-state index < -0.39 is 11.7 Å². The fourth-order valence-corrected chi connectivity index (χ4v) is 2.78. The number of hydrogen-bond donors (Lipinski definition) is 3. The van der Waals surface area contributed by atoms with Crippen LogP contribution < -0.4 is 16.1 Å². The van der Waals surface area contributed by atoms with Crippen LogP contribution in [0.1, 0.15) is 31.8 Å². The topological polar surface area (TPSA) is 88.7 Å². The van der Waals surface area contributed by atoms with Crippen LogP contribution >= 0.6 is 0 Å². The van der Waals surface area contributed by atoms with Gasteiger partial charge in [-0.3, -0.25) is 14.4 Å². The number of hydrogen-bond acceptors (Lipinski definition) is 5. The molecule has 0 aromatic heterocycles. The lowest BCUT2D eigenvalue weighted by atomic mass is 10.0. The van der Waals surface area contributed by atoms with E-state index >= 15 is 0 Å². The summed E-state index contributed by atoms with van der Waals surface area (Å²) in [4.78, 5) is 29.6. The second-order valence-electron chi connectivity index (χ2n) is 6.16. The Morgan fingerprint density at radius 2 is 2.11 bits per heavy atom. The predicted molar refractivity (Wildman–Crippen MR) is 102 cm³/mol. The highest BCUT2D eigenvalue weighted by Gasteiger charge is 2.24. The zero-order chi connectivity index (χ0) is 20.1. The molecule has 3 rings (SSSR count). The number of anilines is 2. The van der Waals surface area contributed by atoms with Gasteiger partial charge in [0.15, 0.2) is 0 Å². The Hall–Kier alpha value is -3.39. The molecule has 2 aromatic rings. The average Bonchev–Trinajstić information content (AvgIpc) is 3.03. The van der Waals surface area contributed by atoms with Gasteiger partial charge in [-0.25, -0.2) is 9.87 Å². The Bertz CT molecular complexity index is 930. The molecule has 0 saturated carbocycles. The van der Waals surface area contributed by atoms with E-state index in [0.717, 1.165) is 5.56 Å². The van der Waals surface area contributed by atoms with E-state index in [4.69, 9.17) is 9.57 Å². The lowest BCUT2D eigenvalue weighted by Crippen LogP contribution is -2.26. The zero-order valence-electron chi connectivity index (χ0n) is 15.3. The van der Waals surface area contributed by atoms with Crippen molar-refractivity contribution < 1.29 is 23.6 Å². The summed E-state index contributed by atoms with van der Waals surface area (Å²) < 4.78 is 19.2. The fraction of sp³-hybridized carbons (Fsp3) is 0.200. The number of carbonyl (C=O) groups is 2. The SMILES string of the molecule is C=COCCONC(=O)c1cc2c(cc1Nc1ccc(C)cc1F)C(=O)NC2. The molecule has 1 aliphatic heterocycles. The Morgan fingerprint density at radius 3 is 2.86 bits per heavy atom. The second-order valence-corrected chi connectivity index (χ2v) is 6.16. The van der Waals surface area contributed by atoms with E-state index in [1.807, 2.05) is 0 Å². The van der Waals surface area contributed by atoms with Gasteiger partial charge in [0.1, 0.15) is 19.0 Å². The van der Waals surface area contributed by atoms with Crippen molar-refractivity contribution in [2.75, 3.05) is 18.5 Å². The first-order valence-corrected chi connectivity index (χ1v) is 8.62. The lowest BCUT2D eigenvalue weighted by molar-refractivity contribution is 0.0145. The second kappa shape index (κ2) is 8.53. The van der Waals surface area contributed by atoms with Crippen LogP contribution in [0, 0.1) is 12.7 Å². The van der Waals surface area contributed by atoms with Crippen molar-refractivity contribution in [3.8, 4) is 0 Å². The minimum absolute atomic E-state index is 0.123. The van der Waals surface area contributed by atoms with Crippen LogP contribution in [0.3, 0.4) is 0 Å². The van der Waals surface area contributed by atoms with E-state index in [2.05, 4.69) is 22.7 Å². The molecule has 0 saturated heterocycles. The van der Waals surface area contributed by atoms with Gasteiger partial charge >= 0.3 is 0 Å². The summed E-state index contributed by atoms with van der Waals surface area (Å²) in [5.74, 6) is -1.24. The highest BCUT2D eigenvalue weighted by molar-refractivity contribution is 6.05. The molecule has 0 radical (unpaired) electrons. The molecule has 0 atom stereocenters. The minimum atomic E-state index is -0.532.